The molecular weight excluding hydrogens is 357 g/mol. The lowest BCUT2D eigenvalue weighted by Gasteiger charge is -2.36. The molecule has 0 saturated carbocycles. The topological polar surface area (TPSA) is 54.9 Å². The Morgan fingerprint density at radius 3 is 2.54 bits per heavy atom. The van der Waals surface area contributed by atoms with E-state index in [1.807, 2.05) is 12.1 Å². The molecule has 0 amide bonds. The van der Waals surface area contributed by atoms with E-state index in [1.165, 1.54) is 12.1 Å². The van der Waals surface area contributed by atoms with Crippen molar-refractivity contribution in [2.75, 3.05) is 46.1 Å². The summed E-state index contributed by atoms with van der Waals surface area (Å²) in [7, 11) is 0. The number of benzene rings is 1. The van der Waals surface area contributed by atoms with Crippen LogP contribution in [0, 0.1) is 11.7 Å². The van der Waals surface area contributed by atoms with Crippen molar-refractivity contribution < 1.29 is 13.9 Å². The van der Waals surface area contributed by atoms with Gasteiger partial charge in [0.25, 0.3) is 0 Å². The first-order chi connectivity index (χ1) is 13.6. The lowest BCUT2D eigenvalue weighted by atomic mass is 9.74. The second-order valence-electron chi connectivity index (χ2n) is 7.82. The fraction of sp³-hybridized carbons (Fsp3) is 0.682. The molecule has 0 spiro atoms. The lowest BCUT2D eigenvalue weighted by Crippen LogP contribution is -2.42. The summed E-state index contributed by atoms with van der Waals surface area (Å²) < 4.78 is 24.6. The van der Waals surface area contributed by atoms with E-state index in [-0.39, 0.29) is 11.2 Å². The molecule has 1 aliphatic heterocycles. The Balaban J connectivity index is 1.96. The molecule has 28 heavy (non-hydrogen) atoms. The molecule has 1 heterocycles. The van der Waals surface area contributed by atoms with E-state index in [2.05, 4.69) is 31.4 Å². The van der Waals surface area contributed by atoms with E-state index >= 15 is 0 Å². The molecule has 1 aromatic rings. The van der Waals surface area contributed by atoms with Crippen LogP contribution in [0.15, 0.2) is 29.3 Å². The highest BCUT2D eigenvalue weighted by atomic mass is 19.1. The van der Waals surface area contributed by atoms with E-state index in [1.54, 1.807) is 0 Å². The summed E-state index contributed by atoms with van der Waals surface area (Å²) in [5.74, 6) is 1.25. The molecule has 1 aromatic carbocycles. The fourth-order valence-corrected chi connectivity index (χ4v) is 3.34. The van der Waals surface area contributed by atoms with E-state index in [0.29, 0.717) is 32.3 Å². The zero-order valence-corrected chi connectivity index (χ0v) is 17.6. The van der Waals surface area contributed by atoms with Crippen LogP contribution in [0.2, 0.25) is 0 Å². The Kier molecular flexibility index (Phi) is 9.71. The predicted molar refractivity (Wildman–Crippen MR) is 112 cm³/mol. The van der Waals surface area contributed by atoms with Gasteiger partial charge in [-0.1, -0.05) is 26.0 Å². The van der Waals surface area contributed by atoms with E-state index < -0.39 is 0 Å². The summed E-state index contributed by atoms with van der Waals surface area (Å²) in [5, 5.41) is 6.65. The molecule has 0 aliphatic carbocycles. The third kappa shape index (κ3) is 7.40. The van der Waals surface area contributed by atoms with E-state index in [0.717, 1.165) is 50.5 Å². The molecule has 1 aliphatic rings. The highest BCUT2D eigenvalue weighted by molar-refractivity contribution is 5.79. The number of aliphatic imine (C=N–C) groups is 1. The maximum Gasteiger partial charge on any atom is 0.191 e. The molecule has 1 saturated heterocycles. The smallest absolute Gasteiger partial charge is 0.191 e. The number of guanidine groups is 1. The molecule has 1 fully saturated rings. The number of halogens is 1. The average Bonchev–Trinajstić information content (AvgIpc) is 2.69. The van der Waals surface area contributed by atoms with E-state index in [4.69, 9.17) is 14.5 Å². The van der Waals surface area contributed by atoms with Gasteiger partial charge in [0.2, 0.25) is 0 Å². The summed E-state index contributed by atoms with van der Waals surface area (Å²) >= 11 is 0. The van der Waals surface area contributed by atoms with Crippen molar-refractivity contribution in [1.82, 2.24) is 10.6 Å². The fourth-order valence-electron chi connectivity index (χ4n) is 3.34. The largest absolute Gasteiger partial charge is 0.381 e. The first-order valence-electron chi connectivity index (χ1n) is 10.5. The molecule has 5 nitrogen and oxygen atoms in total. The molecule has 0 radical (unpaired) electrons. The maximum absolute atomic E-state index is 13.4. The number of ether oxygens (including phenoxy) is 2. The van der Waals surface area contributed by atoms with Gasteiger partial charge in [0.15, 0.2) is 5.96 Å². The Labute approximate surface area is 169 Å². The minimum absolute atomic E-state index is 0.109. The van der Waals surface area contributed by atoms with Crippen LogP contribution in [0.5, 0.6) is 0 Å². The summed E-state index contributed by atoms with van der Waals surface area (Å²) in [6.07, 6.45) is 2.86. The van der Waals surface area contributed by atoms with Gasteiger partial charge in [0, 0.05) is 38.3 Å². The molecular formula is C22H36FN3O2. The Morgan fingerprint density at radius 1 is 1.18 bits per heavy atom. The van der Waals surface area contributed by atoms with Gasteiger partial charge < -0.3 is 20.1 Å². The Morgan fingerprint density at radius 2 is 1.89 bits per heavy atom. The van der Waals surface area contributed by atoms with Gasteiger partial charge in [0.05, 0.1) is 13.2 Å². The van der Waals surface area contributed by atoms with Gasteiger partial charge in [-0.2, -0.15) is 0 Å². The molecule has 0 aromatic heterocycles. The predicted octanol–water partition coefficient (Wildman–Crippen LogP) is 3.49. The summed E-state index contributed by atoms with van der Waals surface area (Å²) in [5.41, 5.74) is 1.02. The molecule has 2 N–H and O–H groups in total. The van der Waals surface area contributed by atoms with Gasteiger partial charge in [-0.3, -0.25) is 4.99 Å². The quantitative estimate of drug-likeness (QED) is 0.363. The van der Waals surface area contributed by atoms with E-state index in [9.17, 15) is 4.39 Å². The van der Waals surface area contributed by atoms with Gasteiger partial charge in [-0.05, 0) is 49.8 Å². The molecule has 158 valence electrons. The number of nitrogens with zero attached hydrogens (tertiary/aromatic N) is 1. The van der Waals surface area contributed by atoms with Gasteiger partial charge in [0.1, 0.15) is 5.82 Å². The molecule has 6 heteroatoms. The van der Waals surface area contributed by atoms with Crippen molar-refractivity contribution in [2.45, 2.75) is 45.4 Å². The summed E-state index contributed by atoms with van der Waals surface area (Å²) in [4.78, 5) is 4.84. The average molecular weight is 394 g/mol. The van der Waals surface area contributed by atoms with Crippen LogP contribution in [0.1, 0.15) is 45.6 Å². The zero-order valence-electron chi connectivity index (χ0n) is 17.6. The minimum Gasteiger partial charge on any atom is -0.381 e. The third-order valence-electron chi connectivity index (χ3n) is 5.17. The Bertz CT molecular complexity index is 584. The molecule has 0 bridgehead atoms. The second kappa shape index (κ2) is 12.0. The van der Waals surface area contributed by atoms with Crippen molar-refractivity contribution in [2.24, 2.45) is 10.9 Å². The highest BCUT2D eigenvalue weighted by Crippen LogP contribution is 2.35. The lowest BCUT2D eigenvalue weighted by molar-refractivity contribution is 0.0530. The van der Waals surface area contributed by atoms with Crippen LogP contribution in [0.25, 0.3) is 0 Å². The number of rotatable bonds is 10. The van der Waals surface area contributed by atoms with Gasteiger partial charge >= 0.3 is 0 Å². The number of nitrogens with one attached hydrogen (secondary N) is 2. The third-order valence-corrected chi connectivity index (χ3v) is 5.17. The standard InChI is InChI=1S/C22H36FN3O2/c1-4-24-21(25-12-16-27-13-9-18(2)3)26-17-22(10-14-28-15-11-22)19-5-7-20(23)8-6-19/h5-8,18H,4,9-17H2,1-3H3,(H2,24,25,26). The minimum atomic E-state index is -0.207. The molecule has 2 rings (SSSR count). The van der Waals surface area contributed by atoms with Crippen molar-refractivity contribution in [3.8, 4) is 0 Å². The Hall–Kier alpha value is -1.66. The van der Waals surface area contributed by atoms with Crippen molar-refractivity contribution in [1.29, 1.82) is 0 Å². The monoisotopic (exact) mass is 393 g/mol. The summed E-state index contributed by atoms with van der Waals surface area (Å²) in [6, 6.07) is 6.85. The maximum atomic E-state index is 13.4. The van der Waals surface area contributed by atoms with Crippen molar-refractivity contribution in [3.05, 3.63) is 35.6 Å². The van der Waals surface area contributed by atoms with Crippen LogP contribution in [0.3, 0.4) is 0 Å². The summed E-state index contributed by atoms with van der Waals surface area (Å²) in [6.45, 7) is 11.5. The van der Waals surface area contributed by atoms with Gasteiger partial charge in [-0.15, -0.1) is 0 Å². The van der Waals surface area contributed by atoms with Crippen LogP contribution in [0.4, 0.5) is 4.39 Å². The number of hydrogen-bond acceptors (Lipinski definition) is 3. The zero-order chi connectivity index (χ0) is 20.2. The number of hydrogen-bond donors (Lipinski definition) is 2. The van der Waals surface area contributed by atoms with Crippen molar-refractivity contribution in [3.63, 3.8) is 0 Å². The van der Waals surface area contributed by atoms with Crippen molar-refractivity contribution >= 4 is 5.96 Å². The van der Waals surface area contributed by atoms with Crippen LogP contribution < -0.4 is 10.6 Å². The van der Waals surface area contributed by atoms with Crippen LogP contribution in [-0.2, 0) is 14.9 Å². The van der Waals surface area contributed by atoms with Gasteiger partial charge in [-0.25, -0.2) is 4.39 Å². The normalized spacial score (nSPS) is 17.0. The molecule has 0 unspecified atom stereocenters. The second-order valence-corrected chi connectivity index (χ2v) is 7.82. The first kappa shape index (κ1) is 22.6. The first-order valence-corrected chi connectivity index (χ1v) is 10.5. The highest BCUT2D eigenvalue weighted by Gasteiger charge is 2.34. The molecule has 0 atom stereocenters. The van der Waals surface area contributed by atoms with Crippen LogP contribution >= 0.6 is 0 Å². The SMILES string of the molecule is CCNC(=NCC1(c2ccc(F)cc2)CCOCC1)NCCOCCC(C)C. The van der Waals surface area contributed by atoms with Crippen LogP contribution in [-0.4, -0.2) is 52.0 Å².